The van der Waals surface area contributed by atoms with Crippen molar-refractivity contribution in [1.82, 2.24) is 10.2 Å². The van der Waals surface area contributed by atoms with Crippen molar-refractivity contribution >= 4 is 5.91 Å². The molecule has 0 radical (unpaired) electrons. The molecule has 2 unspecified atom stereocenters. The Morgan fingerprint density at radius 3 is 2.59 bits per heavy atom. The summed E-state index contributed by atoms with van der Waals surface area (Å²) in [6, 6.07) is 0.503. The lowest BCUT2D eigenvalue weighted by atomic mass is 9.70. The van der Waals surface area contributed by atoms with Crippen molar-refractivity contribution in [3.8, 4) is 0 Å². The zero-order valence-corrected chi connectivity index (χ0v) is 12.0. The van der Waals surface area contributed by atoms with Gasteiger partial charge >= 0.3 is 0 Å². The van der Waals surface area contributed by atoms with Gasteiger partial charge in [0.2, 0.25) is 5.91 Å². The minimum absolute atomic E-state index is 0.198. The van der Waals surface area contributed by atoms with E-state index in [1.54, 1.807) is 4.90 Å². The molecule has 1 saturated carbocycles. The third-order valence-corrected chi connectivity index (χ3v) is 3.83. The molecule has 0 aromatic heterocycles. The fourth-order valence-electron chi connectivity index (χ4n) is 3.04. The van der Waals surface area contributed by atoms with Crippen LogP contribution in [0.5, 0.6) is 0 Å². The predicted molar refractivity (Wildman–Crippen MR) is 71.9 cm³/mol. The molecule has 0 saturated heterocycles. The lowest BCUT2D eigenvalue weighted by Crippen LogP contribution is -2.44. The molecule has 1 N–H and O–H groups in total. The first-order valence-corrected chi connectivity index (χ1v) is 6.81. The number of likely N-dealkylation sites (N-methyl/N-ethyl adjacent to an activating group) is 1. The summed E-state index contributed by atoms with van der Waals surface area (Å²) < 4.78 is 0. The zero-order valence-electron chi connectivity index (χ0n) is 12.0. The largest absolute Gasteiger partial charge is 0.345 e. The standard InChI is InChI=1S/C14H28N2O/c1-6-16(5)13(17)10-15-12-7-11(2)8-14(3,4)9-12/h11-12,15H,6-10H2,1-5H3. The second kappa shape index (κ2) is 5.85. The van der Waals surface area contributed by atoms with Gasteiger partial charge in [-0.05, 0) is 37.5 Å². The highest BCUT2D eigenvalue weighted by molar-refractivity contribution is 5.77. The van der Waals surface area contributed by atoms with E-state index < -0.39 is 0 Å². The van der Waals surface area contributed by atoms with Gasteiger partial charge in [-0.1, -0.05) is 20.8 Å². The summed E-state index contributed by atoms with van der Waals surface area (Å²) in [6.45, 7) is 10.2. The summed E-state index contributed by atoms with van der Waals surface area (Å²) >= 11 is 0. The highest BCUT2D eigenvalue weighted by atomic mass is 16.2. The summed E-state index contributed by atoms with van der Waals surface area (Å²) in [5.41, 5.74) is 0.412. The Bertz CT molecular complexity index is 263. The summed E-state index contributed by atoms with van der Waals surface area (Å²) in [6.07, 6.45) is 3.68. The fraction of sp³-hybridized carbons (Fsp3) is 0.929. The Balaban J connectivity index is 2.39. The number of carbonyl (C=O) groups is 1. The Hall–Kier alpha value is -0.570. The Morgan fingerprint density at radius 1 is 1.41 bits per heavy atom. The number of hydrogen-bond acceptors (Lipinski definition) is 2. The van der Waals surface area contributed by atoms with Crippen molar-refractivity contribution in [2.75, 3.05) is 20.1 Å². The van der Waals surface area contributed by atoms with Crippen LogP contribution in [0.25, 0.3) is 0 Å². The van der Waals surface area contributed by atoms with Crippen molar-refractivity contribution in [3.63, 3.8) is 0 Å². The molecule has 0 aromatic rings. The molecule has 0 aromatic carbocycles. The van der Waals surface area contributed by atoms with E-state index >= 15 is 0 Å². The van der Waals surface area contributed by atoms with E-state index in [2.05, 4.69) is 26.1 Å². The van der Waals surface area contributed by atoms with Gasteiger partial charge in [-0.2, -0.15) is 0 Å². The lowest BCUT2D eigenvalue weighted by Gasteiger charge is -2.39. The number of nitrogens with one attached hydrogen (secondary N) is 1. The molecule has 2 atom stereocenters. The molecule has 1 aliphatic carbocycles. The Morgan fingerprint density at radius 2 is 2.06 bits per heavy atom. The van der Waals surface area contributed by atoms with Gasteiger partial charge < -0.3 is 10.2 Å². The number of nitrogens with zero attached hydrogens (tertiary/aromatic N) is 1. The first kappa shape index (κ1) is 14.5. The van der Waals surface area contributed by atoms with E-state index in [1.807, 2.05) is 14.0 Å². The second-order valence-electron chi connectivity index (χ2n) is 6.40. The van der Waals surface area contributed by atoms with Crippen molar-refractivity contribution in [2.24, 2.45) is 11.3 Å². The summed E-state index contributed by atoms with van der Waals surface area (Å²) in [5.74, 6) is 0.957. The predicted octanol–water partition coefficient (Wildman–Crippen LogP) is 2.27. The maximum Gasteiger partial charge on any atom is 0.236 e. The van der Waals surface area contributed by atoms with Gasteiger partial charge in [0.15, 0.2) is 0 Å². The molecular weight excluding hydrogens is 212 g/mol. The molecular formula is C14H28N2O. The van der Waals surface area contributed by atoms with E-state index in [0.717, 1.165) is 12.5 Å². The third-order valence-electron chi connectivity index (χ3n) is 3.83. The molecule has 0 heterocycles. The molecule has 1 fully saturated rings. The fourth-order valence-corrected chi connectivity index (χ4v) is 3.04. The van der Waals surface area contributed by atoms with Crippen LogP contribution in [0.1, 0.15) is 47.0 Å². The summed E-state index contributed by atoms with van der Waals surface area (Å²) in [7, 11) is 1.86. The minimum atomic E-state index is 0.198. The van der Waals surface area contributed by atoms with E-state index in [0.29, 0.717) is 18.0 Å². The number of carbonyl (C=O) groups excluding carboxylic acids is 1. The van der Waals surface area contributed by atoms with Gasteiger partial charge in [0.05, 0.1) is 6.54 Å². The quantitative estimate of drug-likeness (QED) is 0.817. The van der Waals surface area contributed by atoms with Gasteiger partial charge in [0.25, 0.3) is 0 Å². The topological polar surface area (TPSA) is 32.3 Å². The van der Waals surface area contributed by atoms with Crippen LogP contribution in [0.2, 0.25) is 0 Å². The van der Waals surface area contributed by atoms with Crippen LogP contribution in [-0.4, -0.2) is 37.0 Å². The average molecular weight is 240 g/mol. The first-order chi connectivity index (χ1) is 7.84. The second-order valence-corrected chi connectivity index (χ2v) is 6.40. The van der Waals surface area contributed by atoms with Crippen molar-refractivity contribution in [2.45, 2.75) is 53.0 Å². The third kappa shape index (κ3) is 4.66. The molecule has 1 rings (SSSR count). The zero-order chi connectivity index (χ0) is 13.1. The molecule has 3 nitrogen and oxygen atoms in total. The van der Waals surface area contributed by atoms with Crippen molar-refractivity contribution in [1.29, 1.82) is 0 Å². The van der Waals surface area contributed by atoms with Gasteiger partial charge in [0, 0.05) is 19.6 Å². The molecule has 1 aliphatic rings. The smallest absolute Gasteiger partial charge is 0.236 e. The molecule has 0 aliphatic heterocycles. The van der Waals surface area contributed by atoms with Crippen molar-refractivity contribution in [3.05, 3.63) is 0 Å². The summed E-state index contributed by atoms with van der Waals surface area (Å²) in [4.78, 5) is 13.5. The lowest BCUT2D eigenvalue weighted by molar-refractivity contribution is -0.129. The normalized spacial score (nSPS) is 27.8. The first-order valence-electron chi connectivity index (χ1n) is 6.81. The molecule has 17 heavy (non-hydrogen) atoms. The Labute approximate surface area is 106 Å². The highest BCUT2D eigenvalue weighted by Crippen LogP contribution is 2.38. The molecule has 3 heteroatoms. The molecule has 100 valence electrons. The van der Waals surface area contributed by atoms with Crippen LogP contribution < -0.4 is 5.32 Å². The number of rotatable bonds is 4. The van der Waals surface area contributed by atoms with Gasteiger partial charge in [0.1, 0.15) is 0 Å². The number of hydrogen-bond donors (Lipinski definition) is 1. The maximum atomic E-state index is 11.7. The Kier molecular flexibility index (Phi) is 4.99. The van der Waals surface area contributed by atoms with Crippen LogP contribution >= 0.6 is 0 Å². The van der Waals surface area contributed by atoms with Gasteiger partial charge in [-0.15, -0.1) is 0 Å². The van der Waals surface area contributed by atoms with Crippen LogP contribution in [0, 0.1) is 11.3 Å². The summed E-state index contributed by atoms with van der Waals surface area (Å²) in [5, 5.41) is 3.43. The van der Waals surface area contributed by atoms with E-state index in [4.69, 9.17) is 0 Å². The maximum absolute atomic E-state index is 11.7. The van der Waals surface area contributed by atoms with Crippen LogP contribution in [0.15, 0.2) is 0 Å². The monoisotopic (exact) mass is 240 g/mol. The number of amides is 1. The minimum Gasteiger partial charge on any atom is -0.345 e. The average Bonchev–Trinajstić information content (AvgIpc) is 2.22. The molecule has 0 spiro atoms. The van der Waals surface area contributed by atoms with E-state index in [1.165, 1.54) is 19.3 Å². The van der Waals surface area contributed by atoms with Crippen LogP contribution in [0.4, 0.5) is 0 Å². The van der Waals surface area contributed by atoms with Gasteiger partial charge in [-0.25, -0.2) is 0 Å². The van der Waals surface area contributed by atoms with Crippen molar-refractivity contribution < 1.29 is 4.79 Å². The molecule has 1 amide bonds. The van der Waals surface area contributed by atoms with Crippen LogP contribution in [0.3, 0.4) is 0 Å². The molecule has 0 bridgehead atoms. The van der Waals surface area contributed by atoms with E-state index in [9.17, 15) is 4.79 Å². The van der Waals surface area contributed by atoms with Crippen LogP contribution in [-0.2, 0) is 4.79 Å². The SMILES string of the molecule is CCN(C)C(=O)CNC1CC(C)CC(C)(C)C1. The van der Waals surface area contributed by atoms with E-state index in [-0.39, 0.29) is 5.91 Å². The van der Waals surface area contributed by atoms with Gasteiger partial charge in [-0.3, -0.25) is 4.79 Å². The highest BCUT2D eigenvalue weighted by Gasteiger charge is 2.31.